The van der Waals surface area contributed by atoms with E-state index in [2.05, 4.69) is 10.5 Å². The Morgan fingerprint density at radius 1 is 1.38 bits per heavy atom. The molecule has 16 heavy (non-hydrogen) atoms. The summed E-state index contributed by atoms with van der Waals surface area (Å²) < 4.78 is 0. The minimum Gasteiger partial charge on any atom is -0.267 e. The molecule has 1 amide bonds. The fraction of sp³-hybridized carbons (Fsp3) is 0.385. The van der Waals surface area contributed by atoms with Gasteiger partial charge in [0.2, 0.25) is 0 Å². The lowest BCUT2D eigenvalue weighted by Gasteiger charge is -2.22. The monoisotopic (exact) mass is 216 g/mol. The molecule has 3 heteroatoms. The van der Waals surface area contributed by atoms with Gasteiger partial charge in [-0.05, 0) is 24.5 Å². The van der Waals surface area contributed by atoms with Gasteiger partial charge >= 0.3 is 0 Å². The molecular weight excluding hydrogens is 200 g/mol. The normalized spacial score (nSPS) is 16.0. The van der Waals surface area contributed by atoms with Crippen molar-refractivity contribution in [2.45, 2.75) is 25.7 Å². The number of hydrazone groups is 1. The number of amides is 1. The Hall–Kier alpha value is -1.64. The summed E-state index contributed by atoms with van der Waals surface area (Å²) in [5, 5.41) is 3.94. The number of nitrogens with zero attached hydrogens (tertiary/aromatic N) is 1. The van der Waals surface area contributed by atoms with Crippen LogP contribution in [0, 0.1) is 5.92 Å². The first-order valence-corrected chi connectivity index (χ1v) is 5.73. The quantitative estimate of drug-likeness (QED) is 0.610. The Labute approximate surface area is 95.6 Å². The number of hydrogen-bond acceptors (Lipinski definition) is 2. The van der Waals surface area contributed by atoms with E-state index in [0.29, 0.717) is 5.56 Å². The number of rotatable bonds is 4. The second kappa shape index (κ2) is 5.45. The van der Waals surface area contributed by atoms with Crippen LogP contribution in [-0.2, 0) is 0 Å². The van der Waals surface area contributed by atoms with Gasteiger partial charge in [0.15, 0.2) is 0 Å². The van der Waals surface area contributed by atoms with Gasteiger partial charge in [0.25, 0.3) is 5.91 Å². The van der Waals surface area contributed by atoms with Crippen LogP contribution in [0.1, 0.15) is 36.0 Å². The molecule has 0 aromatic heterocycles. The van der Waals surface area contributed by atoms with Gasteiger partial charge in [-0.2, -0.15) is 5.10 Å². The lowest BCUT2D eigenvalue weighted by atomic mass is 9.83. The van der Waals surface area contributed by atoms with Gasteiger partial charge in [-0.1, -0.05) is 37.5 Å². The summed E-state index contributed by atoms with van der Waals surface area (Å²) in [7, 11) is 0. The zero-order valence-electron chi connectivity index (χ0n) is 9.23. The number of benzene rings is 1. The first-order chi connectivity index (χ1) is 7.86. The van der Waals surface area contributed by atoms with Gasteiger partial charge in [0, 0.05) is 11.8 Å². The highest BCUT2D eigenvalue weighted by atomic mass is 16.2. The molecule has 1 aromatic rings. The van der Waals surface area contributed by atoms with Crippen LogP contribution in [0.4, 0.5) is 0 Å². The molecule has 0 atom stereocenters. The summed E-state index contributed by atoms with van der Waals surface area (Å²) in [6.07, 6.45) is 6.74. The average Bonchev–Trinajstić information content (AvgIpc) is 2.27. The number of carbonyl (C=O) groups is 1. The Kier molecular flexibility index (Phi) is 3.70. The molecule has 1 saturated carbocycles. The Morgan fingerprint density at radius 2 is 2.12 bits per heavy atom. The van der Waals surface area contributed by atoms with Crippen LogP contribution in [0.3, 0.4) is 0 Å². The molecule has 0 unspecified atom stereocenters. The molecule has 0 bridgehead atoms. The van der Waals surface area contributed by atoms with Crippen molar-refractivity contribution in [2.24, 2.45) is 11.0 Å². The molecule has 2 rings (SSSR count). The molecule has 3 nitrogen and oxygen atoms in total. The van der Waals surface area contributed by atoms with E-state index in [1.54, 1.807) is 12.1 Å². The fourth-order valence-corrected chi connectivity index (χ4v) is 1.69. The third kappa shape index (κ3) is 2.92. The predicted molar refractivity (Wildman–Crippen MR) is 64.4 cm³/mol. The molecule has 0 spiro atoms. The van der Waals surface area contributed by atoms with Crippen molar-refractivity contribution < 1.29 is 4.79 Å². The molecule has 84 valence electrons. The third-order valence-corrected chi connectivity index (χ3v) is 2.96. The predicted octanol–water partition coefficient (Wildman–Crippen LogP) is 2.59. The van der Waals surface area contributed by atoms with Crippen molar-refractivity contribution in [3.8, 4) is 0 Å². The van der Waals surface area contributed by atoms with Gasteiger partial charge in [-0.15, -0.1) is 0 Å². The second-order valence-electron chi connectivity index (χ2n) is 4.15. The zero-order chi connectivity index (χ0) is 11.2. The molecule has 0 heterocycles. The van der Waals surface area contributed by atoms with Crippen molar-refractivity contribution in [1.29, 1.82) is 0 Å². The molecule has 0 radical (unpaired) electrons. The van der Waals surface area contributed by atoms with E-state index >= 15 is 0 Å². The highest BCUT2D eigenvalue weighted by molar-refractivity contribution is 5.94. The van der Waals surface area contributed by atoms with Gasteiger partial charge in [-0.3, -0.25) is 4.79 Å². The average molecular weight is 216 g/mol. The van der Waals surface area contributed by atoms with E-state index < -0.39 is 0 Å². The topological polar surface area (TPSA) is 41.5 Å². The summed E-state index contributed by atoms with van der Waals surface area (Å²) in [4.78, 5) is 11.5. The van der Waals surface area contributed by atoms with Crippen LogP contribution in [0.2, 0.25) is 0 Å². The standard InChI is InChI=1S/C13H16N2O/c16-13(12-7-2-1-3-8-12)15-14-10-9-11-5-4-6-11/h1-3,7-8,10-11H,4-6,9H2,(H,15,16)/b14-10+. The molecular formula is C13H16N2O. The van der Waals surface area contributed by atoms with E-state index in [9.17, 15) is 4.79 Å². The van der Waals surface area contributed by atoms with Crippen LogP contribution in [-0.4, -0.2) is 12.1 Å². The fourth-order valence-electron chi connectivity index (χ4n) is 1.69. The third-order valence-electron chi connectivity index (χ3n) is 2.96. The van der Waals surface area contributed by atoms with Crippen LogP contribution in [0.5, 0.6) is 0 Å². The summed E-state index contributed by atoms with van der Waals surface area (Å²) in [6.45, 7) is 0. The lowest BCUT2D eigenvalue weighted by molar-refractivity contribution is 0.0955. The number of hydrogen-bond donors (Lipinski definition) is 1. The van der Waals surface area contributed by atoms with Crippen LogP contribution in [0.15, 0.2) is 35.4 Å². The molecule has 1 aliphatic carbocycles. The molecule has 1 aromatic carbocycles. The molecule has 1 N–H and O–H groups in total. The second-order valence-corrected chi connectivity index (χ2v) is 4.15. The maximum Gasteiger partial charge on any atom is 0.271 e. The highest BCUT2D eigenvalue weighted by Gasteiger charge is 2.15. The van der Waals surface area contributed by atoms with Gasteiger partial charge in [0.1, 0.15) is 0 Å². The first-order valence-electron chi connectivity index (χ1n) is 5.73. The van der Waals surface area contributed by atoms with E-state index in [1.165, 1.54) is 19.3 Å². The maximum atomic E-state index is 11.5. The minimum atomic E-state index is -0.148. The summed E-state index contributed by atoms with van der Waals surface area (Å²) in [6, 6.07) is 9.12. The summed E-state index contributed by atoms with van der Waals surface area (Å²) >= 11 is 0. The Balaban J connectivity index is 1.75. The van der Waals surface area contributed by atoms with Crippen LogP contribution < -0.4 is 5.43 Å². The van der Waals surface area contributed by atoms with E-state index in [4.69, 9.17) is 0 Å². The first kappa shape index (κ1) is 10.9. The smallest absolute Gasteiger partial charge is 0.267 e. The zero-order valence-corrected chi connectivity index (χ0v) is 9.23. The van der Waals surface area contributed by atoms with E-state index in [1.807, 2.05) is 24.4 Å². The van der Waals surface area contributed by atoms with E-state index in [-0.39, 0.29) is 5.91 Å². The van der Waals surface area contributed by atoms with Crippen molar-refractivity contribution in [3.05, 3.63) is 35.9 Å². The molecule has 0 aliphatic heterocycles. The summed E-state index contributed by atoms with van der Waals surface area (Å²) in [5.41, 5.74) is 3.17. The Bertz CT molecular complexity index is 369. The molecule has 0 saturated heterocycles. The lowest BCUT2D eigenvalue weighted by Crippen LogP contribution is -2.18. The summed E-state index contributed by atoms with van der Waals surface area (Å²) in [5.74, 6) is 0.642. The van der Waals surface area contributed by atoms with Crippen molar-refractivity contribution in [2.75, 3.05) is 0 Å². The Morgan fingerprint density at radius 3 is 2.75 bits per heavy atom. The van der Waals surface area contributed by atoms with Gasteiger partial charge < -0.3 is 0 Å². The molecule has 1 fully saturated rings. The van der Waals surface area contributed by atoms with E-state index in [0.717, 1.165) is 12.3 Å². The van der Waals surface area contributed by atoms with Crippen molar-refractivity contribution in [1.82, 2.24) is 5.43 Å². The number of nitrogens with one attached hydrogen (secondary N) is 1. The van der Waals surface area contributed by atoms with Crippen LogP contribution in [0.25, 0.3) is 0 Å². The largest absolute Gasteiger partial charge is 0.271 e. The van der Waals surface area contributed by atoms with Crippen molar-refractivity contribution in [3.63, 3.8) is 0 Å². The number of carbonyl (C=O) groups excluding carboxylic acids is 1. The SMILES string of the molecule is O=C(N/N=C/CC1CCC1)c1ccccc1. The van der Waals surface area contributed by atoms with Crippen molar-refractivity contribution >= 4 is 12.1 Å². The molecule has 1 aliphatic rings. The minimum absolute atomic E-state index is 0.148. The van der Waals surface area contributed by atoms with Crippen LogP contribution >= 0.6 is 0 Å². The van der Waals surface area contributed by atoms with Gasteiger partial charge in [0.05, 0.1) is 0 Å². The van der Waals surface area contributed by atoms with Gasteiger partial charge in [-0.25, -0.2) is 5.43 Å². The highest BCUT2D eigenvalue weighted by Crippen LogP contribution is 2.28. The maximum absolute atomic E-state index is 11.5.